The summed E-state index contributed by atoms with van der Waals surface area (Å²) in [5.74, 6) is -1.38. The van der Waals surface area contributed by atoms with Crippen LogP contribution in [0.25, 0.3) is 0 Å². The van der Waals surface area contributed by atoms with E-state index in [2.05, 4.69) is 21.2 Å². The van der Waals surface area contributed by atoms with E-state index in [1.807, 2.05) is 0 Å². The highest BCUT2D eigenvalue weighted by molar-refractivity contribution is 9.10. The fourth-order valence-corrected chi connectivity index (χ4v) is 2.14. The normalized spacial score (nSPS) is 10.2. The number of nitrogens with one attached hydrogen (secondary N) is 1. The van der Waals surface area contributed by atoms with Crippen LogP contribution in [-0.2, 0) is 0 Å². The lowest BCUT2D eigenvalue weighted by Crippen LogP contribution is -2.12. The van der Waals surface area contributed by atoms with Crippen LogP contribution < -0.4 is 10.1 Å². The summed E-state index contributed by atoms with van der Waals surface area (Å²) in [5.41, 5.74) is 0.652. The zero-order chi connectivity index (χ0) is 14.7. The lowest BCUT2D eigenvalue weighted by atomic mass is 10.2. The Kier molecular flexibility index (Phi) is 4.34. The minimum atomic E-state index is -0.520. The van der Waals surface area contributed by atoms with Crippen molar-refractivity contribution < 1.29 is 18.3 Å². The quantitative estimate of drug-likeness (QED) is 0.916. The van der Waals surface area contributed by atoms with E-state index in [4.69, 9.17) is 4.74 Å². The van der Waals surface area contributed by atoms with Crippen LogP contribution in [0.1, 0.15) is 10.4 Å². The second-order valence-electron chi connectivity index (χ2n) is 3.93. The number of amides is 1. The highest BCUT2D eigenvalue weighted by Gasteiger charge is 2.12. The molecule has 0 saturated carbocycles. The van der Waals surface area contributed by atoms with E-state index >= 15 is 0 Å². The van der Waals surface area contributed by atoms with Gasteiger partial charge in [0.2, 0.25) is 0 Å². The van der Waals surface area contributed by atoms with Gasteiger partial charge in [0.1, 0.15) is 5.82 Å². The molecule has 0 aliphatic rings. The van der Waals surface area contributed by atoms with E-state index in [1.165, 1.54) is 43.5 Å². The van der Waals surface area contributed by atoms with Crippen LogP contribution in [0.5, 0.6) is 5.75 Å². The molecule has 1 N–H and O–H groups in total. The van der Waals surface area contributed by atoms with Gasteiger partial charge in [-0.25, -0.2) is 8.78 Å². The fraction of sp³-hybridized carbons (Fsp3) is 0.0714. The van der Waals surface area contributed by atoms with Crippen LogP contribution in [-0.4, -0.2) is 13.0 Å². The van der Waals surface area contributed by atoms with Crippen LogP contribution in [0.15, 0.2) is 40.9 Å². The van der Waals surface area contributed by atoms with Crippen LogP contribution in [0, 0.1) is 11.6 Å². The van der Waals surface area contributed by atoms with E-state index in [-0.39, 0.29) is 11.3 Å². The van der Waals surface area contributed by atoms with Crippen LogP contribution in [0.4, 0.5) is 14.5 Å². The predicted molar refractivity (Wildman–Crippen MR) is 75.0 cm³/mol. The van der Waals surface area contributed by atoms with Crippen molar-refractivity contribution in [3.63, 3.8) is 0 Å². The van der Waals surface area contributed by atoms with E-state index < -0.39 is 17.5 Å². The average molecular weight is 342 g/mol. The summed E-state index contributed by atoms with van der Waals surface area (Å²) in [4.78, 5) is 12.0. The SMILES string of the molecule is COc1cc(NC(=O)c2ccc(F)cc2Br)ccc1F. The van der Waals surface area contributed by atoms with Crippen molar-refractivity contribution in [3.05, 3.63) is 58.1 Å². The Labute approximate surface area is 122 Å². The maximum Gasteiger partial charge on any atom is 0.256 e. The third-order valence-electron chi connectivity index (χ3n) is 2.58. The first kappa shape index (κ1) is 14.5. The van der Waals surface area contributed by atoms with Crippen molar-refractivity contribution in [1.82, 2.24) is 0 Å². The second kappa shape index (κ2) is 6.00. The van der Waals surface area contributed by atoms with E-state index in [0.717, 1.165) is 0 Å². The van der Waals surface area contributed by atoms with Crippen molar-refractivity contribution in [1.29, 1.82) is 0 Å². The third-order valence-corrected chi connectivity index (χ3v) is 3.24. The van der Waals surface area contributed by atoms with Gasteiger partial charge in [0.25, 0.3) is 5.91 Å². The summed E-state index contributed by atoms with van der Waals surface area (Å²) < 4.78 is 31.4. The number of carbonyl (C=O) groups excluding carboxylic acids is 1. The topological polar surface area (TPSA) is 38.3 Å². The monoisotopic (exact) mass is 341 g/mol. The molecular weight excluding hydrogens is 332 g/mol. The Balaban J connectivity index is 2.23. The molecule has 2 aromatic carbocycles. The van der Waals surface area contributed by atoms with Gasteiger partial charge in [-0.1, -0.05) is 0 Å². The summed E-state index contributed by atoms with van der Waals surface area (Å²) in [5, 5.41) is 2.58. The van der Waals surface area contributed by atoms with Crippen molar-refractivity contribution in [2.45, 2.75) is 0 Å². The standard InChI is InChI=1S/C14H10BrF2NO2/c1-20-13-7-9(3-5-12(13)17)18-14(19)10-4-2-8(16)6-11(10)15/h2-7H,1H3,(H,18,19). The van der Waals surface area contributed by atoms with E-state index in [0.29, 0.717) is 10.2 Å². The molecule has 20 heavy (non-hydrogen) atoms. The second-order valence-corrected chi connectivity index (χ2v) is 4.78. The first-order valence-electron chi connectivity index (χ1n) is 5.61. The number of anilines is 1. The van der Waals surface area contributed by atoms with Gasteiger partial charge in [0.05, 0.1) is 12.7 Å². The van der Waals surface area contributed by atoms with E-state index in [1.54, 1.807) is 0 Å². The molecule has 0 aliphatic heterocycles. The summed E-state index contributed by atoms with van der Waals surface area (Å²) in [6.45, 7) is 0. The van der Waals surface area contributed by atoms with Crippen molar-refractivity contribution in [2.75, 3.05) is 12.4 Å². The average Bonchev–Trinajstić information content (AvgIpc) is 2.40. The Morgan fingerprint density at radius 2 is 1.95 bits per heavy atom. The molecule has 0 radical (unpaired) electrons. The number of hydrogen-bond donors (Lipinski definition) is 1. The summed E-state index contributed by atoms with van der Waals surface area (Å²) in [7, 11) is 1.33. The molecule has 2 rings (SSSR count). The maximum atomic E-state index is 13.3. The van der Waals surface area contributed by atoms with Crippen molar-refractivity contribution in [2.24, 2.45) is 0 Å². The molecule has 0 fully saturated rings. The number of methoxy groups -OCH3 is 1. The zero-order valence-corrected chi connectivity index (χ0v) is 12.0. The maximum absolute atomic E-state index is 13.3. The number of rotatable bonds is 3. The molecular formula is C14H10BrF2NO2. The predicted octanol–water partition coefficient (Wildman–Crippen LogP) is 3.99. The van der Waals surface area contributed by atoms with E-state index in [9.17, 15) is 13.6 Å². The minimum Gasteiger partial charge on any atom is -0.494 e. The van der Waals surface area contributed by atoms with Crippen molar-refractivity contribution >= 4 is 27.5 Å². The molecule has 104 valence electrons. The largest absolute Gasteiger partial charge is 0.494 e. The smallest absolute Gasteiger partial charge is 0.256 e. The molecule has 0 heterocycles. The number of hydrogen-bond acceptors (Lipinski definition) is 2. The molecule has 0 atom stereocenters. The molecule has 2 aromatic rings. The van der Waals surface area contributed by atoms with Crippen LogP contribution in [0.2, 0.25) is 0 Å². The van der Waals surface area contributed by atoms with Gasteiger partial charge in [0, 0.05) is 16.2 Å². The number of benzene rings is 2. The molecule has 6 heteroatoms. The van der Waals surface area contributed by atoms with Gasteiger partial charge < -0.3 is 10.1 Å². The highest BCUT2D eigenvalue weighted by Crippen LogP contribution is 2.23. The molecule has 0 aliphatic carbocycles. The Morgan fingerprint density at radius 1 is 1.20 bits per heavy atom. The molecule has 0 aromatic heterocycles. The summed E-state index contributed by atoms with van der Waals surface area (Å²) >= 11 is 3.12. The first-order valence-corrected chi connectivity index (χ1v) is 6.40. The van der Waals surface area contributed by atoms with Gasteiger partial charge in [-0.3, -0.25) is 4.79 Å². The molecule has 0 spiro atoms. The fourth-order valence-electron chi connectivity index (χ4n) is 1.61. The Hall–Kier alpha value is -1.95. The van der Waals surface area contributed by atoms with Gasteiger partial charge in [-0.2, -0.15) is 0 Å². The van der Waals surface area contributed by atoms with Gasteiger partial charge in [-0.15, -0.1) is 0 Å². The zero-order valence-electron chi connectivity index (χ0n) is 10.4. The lowest BCUT2D eigenvalue weighted by molar-refractivity contribution is 0.102. The number of halogens is 3. The minimum absolute atomic E-state index is 0.0287. The van der Waals surface area contributed by atoms with Gasteiger partial charge >= 0.3 is 0 Å². The van der Waals surface area contributed by atoms with Gasteiger partial charge in [-0.05, 0) is 46.3 Å². The number of carbonyl (C=O) groups is 1. The summed E-state index contributed by atoms with van der Waals surface area (Å²) in [6.07, 6.45) is 0. The molecule has 3 nitrogen and oxygen atoms in total. The molecule has 0 bridgehead atoms. The van der Waals surface area contributed by atoms with Crippen molar-refractivity contribution in [3.8, 4) is 5.75 Å². The highest BCUT2D eigenvalue weighted by atomic mass is 79.9. The molecule has 1 amide bonds. The van der Waals surface area contributed by atoms with Gasteiger partial charge in [0.15, 0.2) is 11.6 Å². The third kappa shape index (κ3) is 3.14. The lowest BCUT2D eigenvalue weighted by Gasteiger charge is -2.09. The number of ether oxygens (including phenoxy) is 1. The summed E-state index contributed by atoms with van der Waals surface area (Å²) in [6, 6.07) is 7.70. The Bertz CT molecular complexity index is 662. The van der Waals surface area contributed by atoms with Crippen LogP contribution >= 0.6 is 15.9 Å². The molecule has 0 unspecified atom stereocenters. The molecule has 0 saturated heterocycles. The first-order chi connectivity index (χ1) is 9.51. The van der Waals surface area contributed by atoms with Crippen LogP contribution in [0.3, 0.4) is 0 Å². The Morgan fingerprint density at radius 3 is 2.60 bits per heavy atom.